The summed E-state index contributed by atoms with van der Waals surface area (Å²) in [5, 5.41) is 0. The van der Waals surface area contributed by atoms with Crippen LogP contribution >= 0.6 is 0 Å². The van der Waals surface area contributed by atoms with Gasteiger partial charge in [0.25, 0.3) is 5.91 Å². The minimum absolute atomic E-state index is 0.0154. The second-order valence-electron chi connectivity index (χ2n) is 7.11. The van der Waals surface area contributed by atoms with Gasteiger partial charge in [0.05, 0.1) is 0 Å². The van der Waals surface area contributed by atoms with Gasteiger partial charge in [-0.05, 0) is 56.2 Å². The van der Waals surface area contributed by atoms with Crippen LogP contribution in [0.15, 0.2) is 48.5 Å². The zero-order valence-corrected chi connectivity index (χ0v) is 16.9. The quantitative estimate of drug-likeness (QED) is 0.529. The van der Waals surface area contributed by atoms with E-state index in [0.29, 0.717) is 17.7 Å². The van der Waals surface area contributed by atoms with E-state index in [0.717, 1.165) is 17.7 Å². The summed E-state index contributed by atoms with van der Waals surface area (Å²) in [5.41, 5.74) is 2.58. The Kier molecular flexibility index (Phi) is 6.32. The number of amides is 1. The van der Waals surface area contributed by atoms with Gasteiger partial charge in [0.15, 0.2) is 18.5 Å². The first kappa shape index (κ1) is 20.6. The molecule has 29 heavy (non-hydrogen) atoms. The van der Waals surface area contributed by atoms with Crippen molar-refractivity contribution < 1.29 is 23.9 Å². The van der Waals surface area contributed by atoms with E-state index < -0.39 is 12.1 Å². The highest BCUT2D eigenvalue weighted by atomic mass is 16.6. The number of nitrogens with zero attached hydrogens (tertiary/aromatic N) is 1. The molecule has 0 aliphatic carbocycles. The zero-order valence-electron chi connectivity index (χ0n) is 16.9. The van der Waals surface area contributed by atoms with Crippen molar-refractivity contribution in [2.24, 2.45) is 0 Å². The Morgan fingerprint density at radius 3 is 2.48 bits per heavy atom. The van der Waals surface area contributed by atoms with Gasteiger partial charge in [-0.1, -0.05) is 25.1 Å². The SMILES string of the molecule is CCC(=O)c1ccc(OCC(=O)O[C@H](C)C(=O)N2c3ccccc3C[C@@H]2C)cc1. The molecule has 152 valence electrons. The topological polar surface area (TPSA) is 72.9 Å². The lowest BCUT2D eigenvalue weighted by Gasteiger charge is -2.25. The maximum Gasteiger partial charge on any atom is 0.344 e. The van der Waals surface area contributed by atoms with Crippen molar-refractivity contribution >= 4 is 23.3 Å². The second kappa shape index (κ2) is 8.90. The molecule has 1 aliphatic heterocycles. The van der Waals surface area contributed by atoms with E-state index in [1.54, 1.807) is 43.0 Å². The molecule has 2 aromatic carbocycles. The summed E-state index contributed by atoms with van der Waals surface area (Å²) >= 11 is 0. The fraction of sp³-hybridized carbons (Fsp3) is 0.348. The smallest absolute Gasteiger partial charge is 0.344 e. The Morgan fingerprint density at radius 2 is 1.79 bits per heavy atom. The molecule has 1 aliphatic rings. The molecule has 1 heterocycles. The van der Waals surface area contributed by atoms with Crippen LogP contribution in [0.3, 0.4) is 0 Å². The molecule has 0 saturated heterocycles. The highest BCUT2D eigenvalue weighted by Crippen LogP contribution is 2.32. The molecule has 0 fully saturated rings. The van der Waals surface area contributed by atoms with E-state index in [2.05, 4.69) is 0 Å². The lowest BCUT2D eigenvalue weighted by atomic mass is 10.1. The van der Waals surface area contributed by atoms with E-state index in [1.165, 1.54) is 0 Å². The number of fused-ring (bicyclic) bond motifs is 1. The number of anilines is 1. The van der Waals surface area contributed by atoms with E-state index >= 15 is 0 Å². The predicted molar refractivity (Wildman–Crippen MR) is 109 cm³/mol. The molecule has 1 amide bonds. The van der Waals surface area contributed by atoms with Crippen LogP contribution in [-0.4, -0.2) is 36.4 Å². The third-order valence-corrected chi connectivity index (χ3v) is 4.95. The number of benzene rings is 2. The summed E-state index contributed by atoms with van der Waals surface area (Å²) in [6, 6.07) is 14.3. The highest BCUT2D eigenvalue weighted by Gasteiger charge is 2.34. The first-order valence-electron chi connectivity index (χ1n) is 9.77. The van der Waals surface area contributed by atoms with Crippen molar-refractivity contribution in [1.29, 1.82) is 0 Å². The Morgan fingerprint density at radius 1 is 1.10 bits per heavy atom. The first-order chi connectivity index (χ1) is 13.9. The van der Waals surface area contributed by atoms with Gasteiger partial charge >= 0.3 is 5.97 Å². The Balaban J connectivity index is 1.54. The number of Topliss-reactive ketones (excluding diaryl/α,β-unsaturated/α-hetero) is 1. The summed E-state index contributed by atoms with van der Waals surface area (Å²) in [4.78, 5) is 38.3. The molecular weight excluding hydrogens is 370 g/mol. The molecule has 0 aromatic heterocycles. The number of hydrogen-bond donors (Lipinski definition) is 0. The molecular formula is C23H25NO5. The molecule has 0 unspecified atom stereocenters. The third kappa shape index (κ3) is 4.65. The molecule has 0 spiro atoms. The molecule has 6 heteroatoms. The molecule has 3 rings (SSSR count). The van der Waals surface area contributed by atoms with Gasteiger partial charge in [0.1, 0.15) is 5.75 Å². The van der Waals surface area contributed by atoms with E-state index in [1.807, 2.05) is 31.2 Å². The van der Waals surface area contributed by atoms with Crippen LogP contribution in [0.4, 0.5) is 5.69 Å². The summed E-state index contributed by atoms with van der Waals surface area (Å²) < 4.78 is 10.7. The van der Waals surface area contributed by atoms with Gasteiger partial charge in [0.2, 0.25) is 0 Å². The van der Waals surface area contributed by atoms with Crippen LogP contribution in [0.2, 0.25) is 0 Å². The fourth-order valence-corrected chi connectivity index (χ4v) is 3.46. The summed E-state index contributed by atoms with van der Waals surface area (Å²) in [6.45, 7) is 5.03. The van der Waals surface area contributed by atoms with Crippen LogP contribution < -0.4 is 9.64 Å². The molecule has 0 radical (unpaired) electrons. The molecule has 0 N–H and O–H groups in total. The Labute approximate surface area is 170 Å². The largest absolute Gasteiger partial charge is 0.482 e. The van der Waals surface area contributed by atoms with Crippen molar-refractivity contribution in [3.8, 4) is 5.75 Å². The van der Waals surface area contributed by atoms with Crippen molar-refractivity contribution in [2.75, 3.05) is 11.5 Å². The molecule has 2 aromatic rings. The van der Waals surface area contributed by atoms with Gasteiger partial charge in [-0.3, -0.25) is 9.59 Å². The maximum absolute atomic E-state index is 12.8. The van der Waals surface area contributed by atoms with Gasteiger partial charge in [-0.2, -0.15) is 0 Å². The number of carbonyl (C=O) groups excluding carboxylic acids is 3. The molecule has 0 bridgehead atoms. The van der Waals surface area contributed by atoms with Crippen LogP contribution in [0, 0.1) is 0 Å². The fourth-order valence-electron chi connectivity index (χ4n) is 3.46. The number of para-hydroxylation sites is 1. The van der Waals surface area contributed by atoms with Crippen molar-refractivity contribution in [3.05, 3.63) is 59.7 Å². The summed E-state index contributed by atoms with van der Waals surface area (Å²) in [7, 11) is 0. The molecule has 2 atom stereocenters. The first-order valence-corrected chi connectivity index (χ1v) is 9.77. The lowest BCUT2D eigenvalue weighted by Crippen LogP contribution is -2.43. The van der Waals surface area contributed by atoms with Crippen molar-refractivity contribution in [1.82, 2.24) is 0 Å². The maximum atomic E-state index is 12.8. The van der Waals surface area contributed by atoms with Crippen LogP contribution in [-0.2, 0) is 20.7 Å². The van der Waals surface area contributed by atoms with Gasteiger partial charge in [-0.25, -0.2) is 4.79 Å². The standard InChI is InChI=1S/C23H25NO5/c1-4-21(25)17-9-11-19(12-10-17)28-14-22(26)29-16(3)23(27)24-15(2)13-18-7-5-6-8-20(18)24/h5-12,15-16H,4,13-14H2,1-3H3/t15-,16+/m0/s1. The number of carbonyl (C=O) groups is 3. The van der Waals surface area contributed by atoms with Crippen molar-refractivity contribution in [3.63, 3.8) is 0 Å². The highest BCUT2D eigenvalue weighted by molar-refractivity contribution is 5.99. The number of ketones is 1. The second-order valence-corrected chi connectivity index (χ2v) is 7.11. The van der Waals surface area contributed by atoms with Crippen LogP contribution in [0.25, 0.3) is 0 Å². The van der Waals surface area contributed by atoms with Crippen molar-refractivity contribution in [2.45, 2.75) is 45.8 Å². The van der Waals surface area contributed by atoms with Gasteiger partial charge in [0, 0.05) is 23.7 Å². The average Bonchev–Trinajstić information content (AvgIpc) is 3.07. The van der Waals surface area contributed by atoms with Crippen LogP contribution in [0.5, 0.6) is 5.75 Å². The van der Waals surface area contributed by atoms with E-state index in [4.69, 9.17) is 9.47 Å². The average molecular weight is 395 g/mol. The Hall–Kier alpha value is -3.15. The van der Waals surface area contributed by atoms with Gasteiger partial charge < -0.3 is 14.4 Å². The number of esters is 1. The number of ether oxygens (including phenoxy) is 2. The zero-order chi connectivity index (χ0) is 21.0. The lowest BCUT2D eigenvalue weighted by molar-refractivity contribution is -0.155. The summed E-state index contributed by atoms with van der Waals surface area (Å²) in [6.07, 6.45) is 0.296. The monoisotopic (exact) mass is 395 g/mol. The number of hydrogen-bond acceptors (Lipinski definition) is 5. The van der Waals surface area contributed by atoms with Gasteiger partial charge in [-0.15, -0.1) is 0 Å². The predicted octanol–water partition coefficient (Wildman–Crippen LogP) is 3.57. The normalized spacial score (nSPS) is 16.1. The number of rotatable bonds is 7. The Bertz CT molecular complexity index is 906. The minimum Gasteiger partial charge on any atom is -0.482 e. The third-order valence-electron chi connectivity index (χ3n) is 4.95. The molecule has 0 saturated carbocycles. The molecule has 6 nitrogen and oxygen atoms in total. The van der Waals surface area contributed by atoms with Crippen LogP contribution in [0.1, 0.15) is 43.1 Å². The minimum atomic E-state index is -0.913. The van der Waals surface area contributed by atoms with E-state index in [-0.39, 0.29) is 24.3 Å². The summed E-state index contributed by atoms with van der Waals surface area (Å²) in [5.74, 6) is -0.380. The van der Waals surface area contributed by atoms with E-state index in [9.17, 15) is 14.4 Å².